The lowest BCUT2D eigenvalue weighted by Crippen LogP contribution is -2.37. The number of hydrogen-bond acceptors (Lipinski definition) is 4. The average Bonchev–Trinajstić information content (AvgIpc) is 2.44. The Hall–Kier alpha value is -1.69. The van der Waals surface area contributed by atoms with E-state index in [9.17, 15) is 4.79 Å². The monoisotopic (exact) mass is 336 g/mol. The summed E-state index contributed by atoms with van der Waals surface area (Å²) >= 11 is 3.39. The summed E-state index contributed by atoms with van der Waals surface area (Å²) in [7, 11) is 0. The average molecular weight is 337 g/mol. The molecule has 0 aliphatic heterocycles. The van der Waals surface area contributed by atoms with Gasteiger partial charge in [-0.25, -0.2) is 0 Å². The second kappa shape index (κ2) is 6.65. The summed E-state index contributed by atoms with van der Waals surface area (Å²) in [5.74, 6) is 0.0106. The lowest BCUT2D eigenvalue weighted by Gasteiger charge is -2.23. The molecule has 2 aromatic heterocycles. The highest BCUT2D eigenvalue weighted by Crippen LogP contribution is 2.25. The highest BCUT2D eigenvalue weighted by Gasteiger charge is 2.13. The second-order valence-corrected chi connectivity index (χ2v) is 5.23. The van der Waals surface area contributed by atoms with Crippen LogP contribution in [0.4, 0.5) is 5.69 Å². The Kier molecular flexibility index (Phi) is 4.89. The van der Waals surface area contributed by atoms with Crippen molar-refractivity contribution in [2.45, 2.75) is 13.8 Å². The molecule has 20 heavy (non-hydrogen) atoms. The molecule has 0 unspecified atom stereocenters. The Morgan fingerprint density at radius 1 is 1.40 bits per heavy atom. The first-order chi connectivity index (χ1) is 9.65. The first kappa shape index (κ1) is 14.7. The number of anilines is 1. The van der Waals surface area contributed by atoms with Crippen LogP contribution in [0.1, 0.15) is 13.8 Å². The largest absolute Gasteiger partial charge is 0.361 e. The van der Waals surface area contributed by atoms with Crippen molar-refractivity contribution in [1.82, 2.24) is 15.3 Å². The molecule has 2 aromatic rings. The highest BCUT2D eigenvalue weighted by atomic mass is 79.9. The summed E-state index contributed by atoms with van der Waals surface area (Å²) in [5, 5.41) is 2.81. The van der Waals surface area contributed by atoms with Gasteiger partial charge in [-0.05, 0) is 41.9 Å². The zero-order chi connectivity index (χ0) is 14.5. The van der Waals surface area contributed by atoms with Gasteiger partial charge in [-0.1, -0.05) is 0 Å². The van der Waals surface area contributed by atoms with Crippen LogP contribution in [-0.4, -0.2) is 35.5 Å². The van der Waals surface area contributed by atoms with Crippen LogP contribution in [0, 0.1) is 0 Å². The first-order valence-corrected chi connectivity index (χ1v) is 7.37. The molecule has 0 saturated carbocycles. The van der Waals surface area contributed by atoms with Crippen molar-refractivity contribution in [3.05, 3.63) is 29.0 Å². The van der Waals surface area contributed by atoms with Gasteiger partial charge in [0.2, 0.25) is 5.91 Å². The number of likely N-dealkylation sites (N-methyl/N-ethyl adjacent to an activating group) is 2. The number of amides is 1. The van der Waals surface area contributed by atoms with Crippen molar-refractivity contribution >= 4 is 38.6 Å². The van der Waals surface area contributed by atoms with Gasteiger partial charge >= 0.3 is 0 Å². The fourth-order valence-corrected chi connectivity index (χ4v) is 2.36. The van der Waals surface area contributed by atoms with Crippen molar-refractivity contribution in [2.75, 3.05) is 24.5 Å². The van der Waals surface area contributed by atoms with E-state index in [2.05, 4.69) is 31.2 Å². The molecule has 2 rings (SSSR count). The zero-order valence-corrected chi connectivity index (χ0v) is 13.1. The fourth-order valence-electron chi connectivity index (χ4n) is 2.04. The maximum atomic E-state index is 11.8. The summed E-state index contributed by atoms with van der Waals surface area (Å²) in [5.41, 5.74) is 2.55. The van der Waals surface area contributed by atoms with E-state index < -0.39 is 0 Å². The minimum Gasteiger partial charge on any atom is -0.361 e. The Morgan fingerprint density at radius 2 is 2.20 bits per heavy atom. The number of rotatable bonds is 5. The summed E-state index contributed by atoms with van der Waals surface area (Å²) < 4.78 is 0.890. The van der Waals surface area contributed by atoms with E-state index >= 15 is 0 Å². The van der Waals surface area contributed by atoms with Gasteiger partial charge in [0.25, 0.3) is 0 Å². The van der Waals surface area contributed by atoms with Gasteiger partial charge in [0.15, 0.2) is 0 Å². The number of hydrogen-bond donors (Lipinski definition) is 1. The van der Waals surface area contributed by atoms with Crippen molar-refractivity contribution < 1.29 is 4.79 Å². The molecule has 0 spiro atoms. The van der Waals surface area contributed by atoms with Crippen LogP contribution in [0.5, 0.6) is 0 Å². The van der Waals surface area contributed by atoms with E-state index in [1.807, 2.05) is 30.9 Å². The van der Waals surface area contributed by atoms with E-state index in [1.165, 1.54) is 0 Å². The number of halogens is 1. The number of nitrogens with one attached hydrogen (secondary N) is 1. The van der Waals surface area contributed by atoms with E-state index in [-0.39, 0.29) is 5.91 Å². The predicted molar refractivity (Wildman–Crippen MR) is 83.8 cm³/mol. The molecule has 106 valence electrons. The van der Waals surface area contributed by atoms with Crippen LogP contribution in [0.3, 0.4) is 0 Å². The Balaban J connectivity index is 2.36. The number of pyridine rings is 2. The molecule has 0 saturated heterocycles. The van der Waals surface area contributed by atoms with E-state index in [0.29, 0.717) is 13.1 Å². The number of carbonyl (C=O) groups excluding carboxylic acids is 1. The highest BCUT2D eigenvalue weighted by molar-refractivity contribution is 9.10. The lowest BCUT2D eigenvalue weighted by atomic mass is 10.2. The molecule has 0 aliphatic rings. The topological polar surface area (TPSA) is 58.1 Å². The van der Waals surface area contributed by atoms with Crippen molar-refractivity contribution in [1.29, 1.82) is 0 Å². The molecule has 0 bridgehead atoms. The molecule has 2 heterocycles. The Bertz CT molecular complexity index is 617. The van der Waals surface area contributed by atoms with E-state index in [1.54, 1.807) is 12.4 Å². The number of carbonyl (C=O) groups is 1. The van der Waals surface area contributed by atoms with Gasteiger partial charge in [-0.2, -0.15) is 0 Å². The molecule has 0 atom stereocenters. The predicted octanol–water partition coefficient (Wildman–Crippen LogP) is 2.35. The molecular formula is C14H17BrN4O. The Labute approximate surface area is 126 Å². The van der Waals surface area contributed by atoms with Crippen molar-refractivity contribution in [3.63, 3.8) is 0 Å². The van der Waals surface area contributed by atoms with Crippen LogP contribution in [0.15, 0.2) is 29.0 Å². The summed E-state index contributed by atoms with van der Waals surface area (Å²) in [6, 6.07) is 3.82. The summed E-state index contributed by atoms with van der Waals surface area (Å²) in [6.07, 6.45) is 3.49. The van der Waals surface area contributed by atoms with Crippen molar-refractivity contribution in [3.8, 4) is 0 Å². The molecule has 1 amide bonds. The van der Waals surface area contributed by atoms with Gasteiger partial charge < -0.3 is 10.2 Å². The molecule has 0 aliphatic carbocycles. The third-order valence-corrected chi connectivity index (χ3v) is 3.39. The van der Waals surface area contributed by atoms with Crippen molar-refractivity contribution in [2.24, 2.45) is 0 Å². The zero-order valence-electron chi connectivity index (χ0n) is 11.6. The molecule has 6 heteroatoms. The minimum atomic E-state index is 0.0106. The standard InChI is InChI=1S/C14H17BrN4O/c1-3-16-13(20)9-19(4-2)12-5-6-17-11-7-10(15)8-18-14(11)12/h5-8H,3-4,9H2,1-2H3,(H,16,20). The normalized spacial score (nSPS) is 10.6. The SMILES string of the molecule is CCNC(=O)CN(CC)c1ccnc2cc(Br)cnc12. The summed E-state index contributed by atoms with van der Waals surface area (Å²) in [4.78, 5) is 22.5. The van der Waals surface area contributed by atoms with Gasteiger partial charge in [0.05, 0.1) is 17.7 Å². The summed E-state index contributed by atoms with van der Waals surface area (Å²) in [6.45, 7) is 5.62. The third-order valence-electron chi connectivity index (χ3n) is 2.95. The second-order valence-electron chi connectivity index (χ2n) is 4.32. The molecule has 0 aromatic carbocycles. The fraction of sp³-hybridized carbons (Fsp3) is 0.357. The molecule has 1 N–H and O–H groups in total. The minimum absolute atomic E-state index is 0.0106. The molecule has 0 fully saturated rings. The number of nitrogens with zero attached hydrogens (tertiary/aromatic N) is 3. The van der Waals surface area contributed by atoms with Crippen LogP contribution < -0.4 is 10.2 Å². The number of aromatic nitrogens is 2. The van der Waals surface area contributed by atoms with Crippen LogP contribution in [0.2, 0.25) is 0 Å². The van der Waals surface area contributed by atoms with Crippen LogP contribution >= 0.6 is 15.9 Å². The van der Waals surface area contributed by atoms with Gasteiger partial charge in [0, 0.05) is 30.0 Å². The third kappa shape index (κ3) is 3.25. The van der Waals surface area contributed by atoms with E-state index in [4.69, 9.17) is 0 Å². The lowest BCUT2D eigenvalue weighted by molar-refractivity contribution is -0.119. The van der Waals surface area contributed by atoms with E-state index in [0.717, 1.165) is 27.7 Å². The quantitative estimate of drug-likeness (QED) is 0.910. The maximum absolute atomic E-state index is 11.8. The maximum Gasteiger partial charge on any atom is 0.239 e. The number of fused-ring (bicyclic) bond motifs is 1. The Morgan fingerprint density at radius 3 is 2.90 bits per heavy atom. The molecule has 5 nitrogen and oxygen atoms in total. The van der Waals surface area contributed by atoms with Gasteiger partial charge in [-0.3, -0.25) is 14.8 Å². The molecule has 0 radical (unpaired) electrons. The van der Waals surface area contributed by atoms with Crippen LogP contribution in [0.25, 0.3) is 11.0 Å². The smallest absolute Gasteiger partial charge is 0.239 e. The first-order valence-electron chi connectivity index (χ1n) is 6.57. The van der Waals surface area contributed by atoms with Crippen LogP contribution in [-0.2, 0) is 4.79 Å². The van der Waals surface area contributed by atoms with Gasteiger partial charge in [0.1, 0.15) is 5.52 Å². The van der Waals surface area contributed by atoms with Gasteiger partial charge in [-0.15, -0.1) is 0 Å². The molecular weight excluding hydrogens is 320 g/mol.